The Bertz CT molecular complexity index is 359. The van der Waals surface area contributed by atoms with Crippen molar-refractivity contribution in [3.63, 3.8) is 0 Å². The molecule has 1 atom stereocenters. The highest BCUT2D eigenvalue weighted by molar-refractivity contribution is 5.21. The van der Waals surface area contributed by atoms with Crippen LogP contribution in [0.1, 0.15) is 25.6 Å². The Morgan fingerprint density at radius 1 is 1.21 bits per heavy atom. The summed E-state index contributed by atoms with van der Waals surface area (Å²) in [4.78, 5) is 0. The van der Waals surface area contributed by atoms with Gasteiger partial charge in [-0.1, -0.05) is 30.3 Å². The number of nitrogens with zero attached hydrogens (tertiary/aromatic N) is 1. The van der Waals surface area contributed by atoms with E-state index in [-0.39, 0.29) is 0 Å². The minimum Gasteiger partial charge on any atom is -0.467 e. The van der Waals surface area contributed by atoms with Gasteiger partial charge in [0.2, 0.25) is 6.23 Å². The van der Waals surface area contributed by atoms with Crippen LogP contribution in [0.3, 0.4) is 0 Å². The van der Waals surface area contributed by atoms with Crippen LogP contribution < -0.4 is 0 Å². The SMILES string of the molecule is CC1=C(C)N(O)C(c2ccccc2)O1. The normalized spacial score (nSPS) is 21.4. The molecule has 2 rings (SSSR count). The molecule has 1 aliphatic heterocycles. The second-order valence-electron chi connectivity index (χ2n) is 3.37. The standard InChI is InChI=1S/C11H13NO2/c1-8-9(2)14-11(12(8)13)10-6-4-3-5-7-10/h3-7,11,13H,1-2H3. The first-order chi connectivity index (χ1) is 6.70. The number of rotatable bonds is 1. The molecule has 1 unspecified atom stereocenters. The maximum atomic E-state index is 9.73. The molecule has 0 aromatic heterocycles. The van der Waals surface area contributed by atoms with Gasteiger partial charge in [0.05, 0.1) is 5.70 Å². The number of hydrogen-bond acceptors (Lipinski definition) is 3. The molecule has 1 aromatic carbocycles. The molecule has 0 spiro atoms. The van der Waals surface area contributed by atoms with Crippen LogP contribution in [0.15, 0.2) is 41.8 Å². The van der Waals surface area contributed by atoms with E-state index in [1.165, 1.54) is 0 Å². The molecule has 0 fully saturated rings. The average Bonchev–Trinajstić information content (AvgIpc) is 2.47. The van der Waals surface area contributed by atoms with Gasteiger partial charge in [-0.2, -0.15) is 0 Å². The zero-order chi connectivity index (χ0) is 10.1. The second-order valence-corrected chi connectivity index (χ2v) is 3.37. The fourth-order valence-electron chi connectivity index (χ4n) is 1.47. The van der Waals surface area contributed by atoms with Gasteiger partial charge in [0.1, 0.15) is 5.76 Å². The van der Waals surface area contributed by atoms with E-state index >= 15 is 0 Å². The van der Waals surface area contributed by atoms with E-state index in [1.54, 1.807) is 0 Å². The Morgan fingerprint density at radius 3 is 2.36 bits per heavy atom. The Labute approximate surface area is 83.2 Å². The van der Waals surface area contributed by atoms with Crippen molar-refractivity contribution in [1.29, 1.82) is 0 Å². The maximum absolute atomic E-state index is 9.73. The summed E-state index contributed by atoms with van der Waals surface area (Å²) in [5.74, 6) is 0.765. The van der Waals surface area contributed by atoms with Crippen molar-refractivity contribution in [2.75, 3.05) is 0 Å². The molecule has 0 bridgehead atoms. The molecule has 1 heterocycles. The first-order valence-corrected chi connectivity index (χ1v) is 4.57. The van der Waals surface area contributed by atoms with Crippen molar-refractivity contribution in [2.45, 2.75) is 20.1 Å². The van der Waals surface area contributed by atoms with E-state index in [0.717, 1.165) is 22.1 Å². The molecule has 3 heteroatoms. The fraction of sp³-hybridized carbons (Fsp3) is 0.273. The lowest BCUT2D eigenvalue weighted by Crippen LogP contribution is -2.18. The molecular formula is C11H13NO2. The highest BCUT2D eigenvalue weighted by Crippen LogP contribution is 2.33. The summed E-state index contributed by atoms with van der Waals surface area (Å²) in [6, 6.07) is 9.65. The van der Waals surface area contributed by atoms with Crippen LogP contribution in [0.5, 0.6) is 0 Å². The number of allylic oxidation sites excluding steroid dienone is 2. The first kappa shape index (κ1) is 9.09. The van der Waals surface area contributed by atoms with Crippen LogP contribution in [-0.4, -0.2) is 10.3 Å². The average molecular weight is 191 g/mol. The van der Waals surface area contributed by atoms with Crippen LogP contribution in [0.2, 0.25) is 0 Å². The van der Waals surface area contributed by atoms with Gasteiger partial charge in [-0.05, 0) is 13.8 Å². The molecular weight excluding hydrogens is 178 g/mol. The molecule has 0 amide bonds. The van der Waals surface area contributed by atoms with Gasteiger partial charge in [0.15, 0.2) is 0 Å². The van der Waals surface area contributed by atoms with Crippen molar-refractivity contribution < 1.29 is 9.94 Å². The fourth-order valence-corrected chi connectivity index (χ4v) is 1.47. The molecule has 1 aliphatic rings. The summed E-state index contributed by atoms with van der Waals surface area (Å²) in [7, 11) is 0. The Morgan fingerprint density at radius 2 is 1.86 bits per heavy atom. The molecule has 0 aliphatic carbocycles. The van der Waals surface area contributed by atoms with Crippen molar-refractivity contribution in [3.05, 3.63) is 47.4 Å². The van der Waals surface area contributed by atoms with Gasteiger partial charge in [-0.3, -0.25) is 5.21 Å². The maximum Gasteiger partial charge on any atom is 0.220 e. The van der Waals surface area contributed by atoms with Crippen LogP contribution in [-0.2, 0) is 4.74 Å². The third-order valence-electron chi connectivity index (χ3n) is 2.45. The van der Waals surface area contributed by atoms with E-state index in [4.69, 9.17) is 4.74 Å². The van der Waals surface area contributed by atoms with Gasteiger partial charge in [-0.15, -0.1) is 0 Å². The van der Waals surface area contributed by atoms with E-state index < -0.39 is 6.23 Å². The highest BCUT2D eigenvalue weighted by atomic mass is 16.6. The lowest BCUT2D eigenvalue weighted by atomic mass is 10.2. The lowest BCUT2D eigenvalue weighted by molar-refractivity contribution is -0.151. The summed E-state index contributed by atoms with van der Waals surface area (Å²) in [5.41, 5.74) is 1.71. The first-order valence-electron chi connectivity index (χ1n) is 4.57. The van der Waals surface area contributed by atoms with E-state index in [1.807, 2.05) is 44.2 Å². The number of ether oxygens (including phenoxy) is 1. The molecule has 14 heavy (non-hydrogen) atoms. The monoisotopic (exact) mass is 191 g/mol. The minimum absolute atomic E-state index is 0.392. The van der Waals surface area contributed by atoms with E-state index in [2.05, 4.69) is 0 Å². The van der Waals surface area contributed by atoms with Gasteiger partial charge >= 0.3 is 0 Å². The molecule has 0 saturated carbocycles. The quantitative estimate of drug-likeness (QED) is 0.740. The predicted octanol–water partition coefficient (Wildman–Crippen LogP) is 2.66. The zero-order valence-electron chi connectivity index (χ0n) is 8.27. The van der Waals surface area contributed by atoms with Crippen LogP contribution >= 0.6 is 0 Å². The van der Waals surface area contributed by atoms with Gasteiger partial charge in [-0.25, -0.2) is 5.06 Å². The van der Waals surface area contributed by atoms with Gasteiger partial charge < -0.3 is 4.74 Å². The summed E-state index contributed by atoms with van der Waals surface area (Å²) >= 11 is 0. The topological polar surface area (TPSA) is 32.7 Å². The Kier molecular flexibility index (Phi) is 2.17. The van der Waals surface area contributed by atoms with Gasteiger partial charge in [0.25, 0.3) is 0 Å². The molecule has 1 N–H and O–H groups in total. The Balaban J connectivity index is 2.25. The van der Waals surface area contributed by atoms with Crippen molar-refractivity contribution in [2.24, 2.45) is 0 Å². The summed E-state index contributed by atoms with van der Waals surface area (Å²) in [5, 5.41) is 10.9. The third kappa shape index (κ3) is 1.36. The van der Waals surface area contributed by atoms with Crippen molar-refractivity contribution >= 4 is 0 Å². The van der Waals surface area contributed by atoms with Gasteiger partial charge in [0, 0.05) is 5.56 Å². The smallest absolute Gasteiger partial charge is 0.220 e. The van der Waals surface area contributed by atoms with Crippen molar-refractivity contribution in [1.82, 2.24) is 5.06 Å². The highest BCUT2D eigenvalue weighted by Gasteiger charge is 2.28. The molecule has 3 nitrogen and oxygen atoms in total. The molecule has 1 aromatic rings. The summed E-state index contributed by atoms with van der Waals surface area (Å²) < 4.78 is 5.53. The van der Waals surface area contributed by atoms with Crippen LogP contribution in [0, 0.1) is 0 Å². The largest absolute Gasteiger partial charge is 0.467 e. The van der Waals surface area contributed by atoms with Crippen molar-refractivity contribution in [3.8, 4) is 0 Å². The summed E-state index contributed by atoms with van der Waals surface area (Å²) in [6.07, 6.45) is -0.392. The molecule has 0 saturated heterocycles. The van der Waals surface area contributed by atoms with E-state index in [0.29, 0.717) is 0 Å². The predicted molar refractivity (Wildman–Crippen MR) is 52.3 cm³/mol. The lowest BCUT2D eigenvalue weighted by Gasteiger charge is -2.19. The third-order valence-corrected chi connectivity index (χ3v) is 2.45. The van der Waals surface area contributed by atoms with E-state index in [9.17, 15) is 5.21 Å². The number of hydroxylamine groups is 2. The Hall–Kier alpha value is -1.48. The number of benzene rings is 1. The van der Waals surface area contributed by atoms with Crippen LogP contribution in [0.25, 0.3) is 0 Å². The summed E-state index contributed by atoms with van der Waals surface area (Å²) in [6.45, 7) is 3.68. The van der Waals surface area contributed by atoms with Crippen LogP contribution in [0.4, 0.5) is 0 Å². The molecule has 0 radical (unpaired) electrons. The zero-order valence-corrected chi connectivity index (χ0v) is 8.27. The second kappa shape index (κ2) is 3.35. The minimum atomic E-state index is -0.392. The molecule has 74 valence electrons. The number of hydrogen-bond donors (Lipinski definition) is 1.